The topological polar surface area (TPSA) is 50.4 Å². The first kappa shape index (κ1) is 17.1. The van der Waals surface area contributed by atoms with E-state index in [1.54, 1.807) is 12.1 Å². The van der Waals surface area contributed by atoms with Crippen LogP contribution in [0.4, 0.5) is 10.1 Å². The lowest BCUT2D eigenvalue weighted by Gasteiger charge is -2.18. The second-order valence-corrected chi connectivity index (χ2v) is 6.00. The fourth-order valence-electron chi connectivity index (χ4n) is 2.87. The number of allylic oxidation sites excluding steroid dienone is 2. The van der Waals surface area contributed by atoms with Crippen LogP contribution in [-0.2, 0) is 0 Å². The molecule has 4 heteroatoms. The lowest BCUT2D eigenvalue weighted by Crippen LogP contribution is -2.24. The number of nitrogens with two attached hydrogens (primary N) is 1. The Hall–Kier alpha value is -2.72. The van der Waals surface area contributed by atoms with Crippen molar-refractivity contribution < 1.29 is 4.39 Å². The highest BCUT2D eigenvalue weighted by molar-refractivity contribution is 6.14. The smallest absolute Gasteiger partial charge is 0.132 e. The van der Waals surface area contributed by atoms with E-state index in [0.717, 1.165) is 36.3 Å². The number of halogens is 1. The Morgan fingerprint density at radius 3 is 2.48 bits per heavy atom. The van der Waals surface area contributed by atoms with Crippen LogP contribution in [0.25, 0.3) is 0 Å². The van der Waals surface area contributed by atoms with Gasteiger partial charge in [0.05, 0.1) is 11.4 Å². The van der Waals surface area contributed by atoms with E-state index in [2.05, 4.69) is 11.4 Å². The Balaban J connectivity index is 2.13. The number of benzene rings is 2. The molecule has 1 aliphatic heterocycles. The van der Waals surface area contributed by atoms with Crippen molar-refractivity contribution in [3.8, 4) is 0 Å². The molecule has 2 aromatic rings. The Morgan fingerprint density at radius 2 is 1.80 bits per heavy atom. The van der Waals surface area contributed by atoms with Gasteiger partial charge in [0.15, 0.2) is 0 Å². The van der Waals surface area contributed by atoms with Crippen LogP contribution < -0.4 is 11.1 Å². The number of aliphatic imine (C=N–C) groups is 1. The maximum atomic E-state index is 14.4. The van der Waals surface area contributed by atoms with Crippen LogP contribution >= 0.6 is 0 Å². The molecule has 2 aromatic carbocycles. The van der Waals surface area contributed by atoms with Gasteiger partial charge in [-0.15, -0.1) is 0 Å². The number of rotatable bonds is 4. The predicted molar refractivity (Wildman–Crippen MR) is 101 cm³/mol. The molecule has 0 bridgehead atoms. The largest absolute Gasteiger partial charge is 0.398 e. The predicted octanol–water partition coefficient (Wildman–Crippen LogP) is 4.10. The van der Waals surface area contributed by atoms with Crippen molar-refractivity contribution in [2.45, 2.75) is 13.3 Å². The van der Waals surface area contributed by atoms with Crippen LogP contribution in [0, 0.1) is 5.82 Å². The number of hydrogen-bond acceptors (Lipinski definition) is 3. The summed E-state index contributed by atoms with van der Waals surface area (Å²) in [5.41, 5.74) is 10.8. The van der Waals surface area contributed by atoms with Gasteiger partial charge in [-0.2, -0.15) is 0 Å². The number of nitrogens with zero attached hydrogens (tertiary/aromatic N) is 1. The summed E-state index contributed by atoms with van der Waals surface area (Å²) in [7, 11) is 0. The summed E-state index contributed by atoms with van der Waals surface area (Å²) >= 11 is 0. The summed E-state index contributed by atoms with van der Waals surface area (Å²) < 4.78 is 14.4. The van der Waals surface area contributed by atoms with Gasteiger partial charge in [-0.25, -0.2) is 9.38 Å². The van der Waals surface area contributed by atoms with Crippen molar-refractivity contribution in [3.63, 3.8) is 0 Å². The Kier molecular flexibility index (Phi) is 5.41. The molecule has 3 rings (SSSR count). The minimum atomic E-state index is -0.302. The molecule has 1 aliphatic rings. The van der Waals surface area contributed by atoms with Crippen LogP contribution in [-0.4, -0.2) is 18.8 Å². The average Bonchev–Trinajstić information content (AvgIpc) is 2.67. The quantitative estimate of drug-likeness (QED) is 0.827. The van der Waals surface area contributed by atoms with Crippen molar-refractivity contribution in [2.75, 3.05) is 13.1 Å². The van der Waals surface area contributed by atoms with Crippen molar-refractivity contribution in [1.29, 1.82) is 0 Å². The average molecular weight is 335 g/mol. The SMILES string of the molecule is C/C(C(=Nc1ccccc1)c1ccccc1F)=C(/N)C1=CCNCC1. The van der Waals surface area contributed by atoms with Crippen LogP contribution in [0.2, 0.25) is 0 Å². The van der Waals surface area contributed by atoms with Crippen molar-refractivity contribution in [3.05, 3.63) is 88.9 Å². The zero-order valence-corrected chi connectivity index (χ0v) is 14.3. The van der Waals surface area contributed by atoms with E-state index in [0.29, 0.717) is 17.0 Å². The first-order valence-electron chi connectivity index (χ1n) is 8.42. The summed E-state index contributed by atoms with van der Waals surface area (Å²) in [6, 6.07) is 16.2. The van der Waals surface area contributed by atoms with Crippen molar-refractivity contribution >= 4 is 11.4 Å². The summed E-state index contributed by atoms with van der Waals surface area (Å²) in [4.78, 5) is 4.70. The fraction of sp³-hybridized carbons (Fsp3) is 0.190. The van der Waals surface area contributed by atoms with Gasteiger partial charge in [-0.1, -0.05) is 36.4 Å². The maximum Gasteiger partial charge on any atom is 0.132 e. The van der Waals surface area contributed by atoms with Gasteiger partial charge in [0, 0.05) is 17.8 Å². The second kappa shape index (κ2) is 7.90. The molecule has 0 saturated heterocycles. The van der Waals surface area contributed by atoms with E-state index in [9.17, 15) is 4.39 Å². The molecule has 3 N–H and O–H groups in total. The number of hydrogen-bond donors (Lipinski definition) is 2. The second-order valence-electron chi connectivity index (χ2n) is 6.00. The molecule has 0 atom stereocenters. The Labute approximate surface area is 147 Å². The zero-order chi connectivity index (χ0) is 17.6. The standard InChI is InChI=1S/C21H22FN3/c1-15(20(23)16-11-13-24-14-12-16)21(18-9-5-6-10-19(18)22)25-17-7-3-2-4-8-17/h2-11,24H,12-14,23H2,1H3/b20-15-,25-21?. The van der Waals surface area contributed by atoms with Gasteiger partial charge in [-0.3, -0.25) is 0 Å². The lowest BCUT2D eigenvalue weighted by atomic mass is 9.96. The highest BCUT2D eigenvalue weighted by Gasteiger charge is 2.16. The molecule has 3 nitrogen and oxygen atoms in total. The molecule has 0 saturated carbocycles. The molecule has 0 amide bonds. The van der Waals surface area contributed by atoms with Crippen LogP contribution in [0.1, 0.15) is 18.9 Å². The monoisotopic (exact) mass is 335 g/mol. The molecule has 0 unspecified atom stereocenters. The molecule has 0 radical (unpaired) electrons. The van der Waals surface area contributed by atoms with E-state index >= 15 is 0 Å². The maximum absolute atomic E-state index is 14.4. The number of para-hydroxylation sites is 1. The summed E-state index contributed by atoms with van der Waals surface area (Å²) in [6.07, 6.45) is 2.95. The molecule has 0 fully saturated rings. The van der Waals surface area contributed by atoms with Crippen LogP contribution in [0.5, 0.6) is 0 Å². The van der Waals surface area contributed by atoms with E-state index in [4.69, 9.17) is 10.7 Å². The highest BCUT2D eigenvalue weighted by Crippen LogP contribution is 2.23. The molecule has 0 spiro atoms. The van der Waals surface area contributed by atoms with Crippen molar-refractivity contribution in [1.82, 2.24) is 5.32 Å². The minimum absolute atomic E-state index is 0.302. The summed E-state index contributed by atoms with van der Waals surface area (Å²) in [5.74, 6) is -0.302. The van der Waals surface area contributed by atoms with E-state index in [-0.39, 0.29) is 5.82 Å². The molecule has 128 valence electrons. The van der Waals surface area contributed by atoms with Gasteiger partial charge in [0.2, 0.25) is 0 Å². The Morgan fingerprint density at radius 1 is 1.08 bits per heavy atom. The van der Waals surface area contributed by atoms with Gasteiger partial charge in [0.1, 0.15) is 5.82 Å². The zero-order valence-electron chi connectivity index (χ0n) is 14.3. The molecule has 0 aliphatic carbocycles. The number of nitrogens with one attached hydrogen (secondary N) is 1. The lowest BCUT2D eigenvalue weighted by molar-refractivity contribution is 0.625. The van der Waals surface area contributed by atoms with Gasteiger partial charge >= 0.3 is 0 Å². The summed E-state index contributed by atoms with van der Waals surface area (Å²) in [6.45, 7) is 3.60. The van der Waals surface area contributed by atoms with Gasteiger partial charge < -0.3 is 11.1 Å². The van der Waals surface area contributed by atoms with Gasteiger partial charge in [0.25, 0.3) is 0 Å². The fourth-order valence-corrected chi connectivity index (χ4v) is 2.87. The summed E-state index contributed by atoms with van der Waals surface area (Å²) in [5, 5.41) is 3.27. The third kappa shape index (κ3) is 4.03. The highest BCUT2D eigenvalue weighted by atomic mass is 19.1. The first-order valence-corrected chi connectivity index (χ1v) is 8.42. The normalized spacial score (nSPS) is 16.2. The van der Waals surface area contributed by atoms with Crippen molar-refractivity contribution in [2.24, 2.45) is 10.7 Å². The molecule has 25 heavy (non-hydrogen) atoms. The first-order chi connectivity index (χ1) is 12.2. The molecular formula is C21H22FN3. The van der Waals surface area contributed by atoms with Crippen LogP contribution in [0.15, 0.2) is 82.5 Å². The molecule has 1 heterocycles. The Bertz CT molecular complexity index is 835. The van der Waals surface area contributed by atoms with Crippen LogP contribution in [0.3, 0.4) is 0 Å². The minimum Gasteiger partial charge on any atom is -0.398 e. The van der Waals surface area contributed by atoms with Gasteiger partial charge in [-0.05, 0) is 55.3 Å². The van der Waals surface area contributed by atoms with E-state index in [1.807, 2.05) is 43.3 Å². The van der Waals surface area contributed by atoms with E-state index in [1.165, 1.54) is 6.07 Å². The van der Waals surface area contributed by atoms with E-state index < -0.39 is 0 Å². The molecular weight excluding hydrogens is 313 g/mol. The molecule has 0 aromatic heterocycles. The third-order valence-electron chi connectivity index (χ3n) is 4.30. The third-order valence-corrected chi connectivity index (χ3v) is 4.30.